The van der Waals surface area contributed by atoms with Gasteiger partial charge in [-0.3, -0.25) is 4.79 Å². The molecule has 4 aromatic rings. The van der Waals surface area contributed by atoms with Crippen LogP contribution in [-0.4, -0.2) is 34.8 Å². The molecule has 0 aliphatic rings. The van der Waals surface area contributed by atoms with E-state index in [1.54, 1.807) is 53.5 Å². The SMILES string of the molecule is Cc1ccc(S(=O)(=O)N(CCCC(=O)/C(=C/c2ccccc2)n2cccn2)Cc2ccccc2)cc1. The molecule has 0 saturated carbocycles. The van der Waals surface area contributed by atoms with E-state index in [9.17, 15) is 13.2 Å². The van der Waals surface area contributed by atoms with Crippen LogP contribution in [0.3, 0.4) is 0 Å². The number of rotatable bonds is 11. The highest BCUT2D eigenvalue weighted by Gasteiger charge is 2.25. The molecular weight excluding hydrogens is 470 g/mol. The van der Waals surface area contributed by atoms with Crippen LogP contribution in [0.5, 0.6) is 0 Å². The van der Waals surface area contributed by atoms with E-state index >= 15 is 0 Å². The van der Waals surface area contributed by atoms with E-state index in [-0.39, 0.29) is 30.2 Å². The highest BCUT2D eigenvalue weighted by Crippen LogP contribution is 2.21. The monoisotopic (exact) mass is 499 g/mol. The molecule has 0 atom stereocenters. The Balaban J connectivity index is 1.53. The Kier molecular flexibility index (Phi) is 8.25. The van der Waals surface area contributed by atoms with Gasteiger partial charge >= 0.3 is 0 Å². The first-order valence-electron chi connectivity index (χ1n) is 11.8. The summed E-state index contributed by atoms with van der Waals surface area (Å²) in [6.07, 6.45) is 5.73. The molecule has 36 heavy (non-hydrogen) atoms. The van der Waals surface area contributed by atoms with Crippen molar-refractivity contribution in [2.75, 3.05) is 6.54 Å². The van der Waals surface area contributed by atoms with Gasteiger partial charge < -0.3 is 0 Å². The molecule has 0 aliphatic heterocycles. The molecule has 184 valence electrons. The van der Waals surface area contributed by atoms with Crippen molar-refractivity contribution in [2.24, 2.45) is 0 Å². The van der Waals surface area contributed by atoms with Gasteiger partial charge in [0.1, 0.15) is 5.70 Å². The van der Waals surface area contributed by atoms with Crippen molar-refractivity contribution in [3.05, 3.63) is 120 Å². The predicted molar refractivity (Wildman–Crippen MR) is 142 cm³/mol. The molecule has 0 spiro atoms. The average Bonchev–Trinajstić information content (AvgIpc) is 3.43. The van der Waals surface area contributed by atoms with Crippen molar-refractivity contribution in [1.82, 2.24) is 14.1 Å². The molecule has 1 aromatic heterocycles. The van der Waals surface area contributed by atoms with Gasteiger partial charge in [0.15, 0.2) is 5.78 Å². The van der Waals surface area contributed by atoms with E-state index in [0.717, 1.165) is 16.7 Å². The number of aryl methyl sites for hydroxylation is 1. The first kappa shape index (κ1) is 25.3. The number of benzene rings is 3. The number of aromatic nitrogens is 2. The summed E-state index contributed by atoms with van der Waals surface area (Å²) in [6.45, 7) is 2.37. The third kappa shape index (κ3) is 6.44. The van der Waals surface area contributed by atoms with Crippen molar-refractivity contribution in [1.29, 1.82) is 0 Å². The first-order chi connectivity index (χ1) is 17.4. The highest BCUT2D eigenvalue weighted by atomic mass is 32.2. The molecule has 6 nitrogen and oxygen atoms in total. The molecule has 0 fully saturated rings. The molecule has 3 aromatic carbocycles. The molecule has 4 rings (SSSR count). The van der Waals surface area contributed by atoms with Crippen LogP contribution in [0.1, 0.15) is 29.5 Å². The third-order valence-corrected chi connectivity index (χ3v) is 7.67. The van der Waals surface area contributed by atoms with Crippen LogP contribution in [0.4, 0.5) is 0 Å². The van der Waals surface area contributed by atoms with E-state index in [2.05, 4.69) is 5.10 Å². The lowest BCUT2D eigenvalue weighted by Crippen LogP contribution is -2.32. The van der Waals surface area contributed by atoms with Gasteiger partial charge in [-0.25, -0.2) is 13.1 Å². The smallest absolute Gasteiger partial charge is 0.243 e. The Morgan fingerprint density at radius 1 is 0.917 bits per heavy atom. The van der Waals surface area contributed by atoms with Crippen LogP contribution < -0.4 is 0 Å². The van der Waals surface area contributed by atoms with E-state index in [0.29, 0.717) is 12.1 Å². The maximum Gasteiger partial charge on any atom is 0.243 e. The lowest BCUT2D eigenvalue weighted by Gasteiger charge is -2.22. The minimum Gasteiger partial charge on any atom is -0.292 e. The number of nitrogens with zero attached hydrogens (tertiary/aromatic N) is 3. The Hall–Kier alpha value is -3.81. The van der Waals surface area contributed by atoms with Crippen LogP contribution in [0.2, 0.25) is 0 Å². The fourth-order valence-electron chi connectivity index (χ4n) is 3.87. The minimum absolute atomic E-state index is 0.102. The summed E-state index contributed by atoms with van der Waals surface area (Å²) < 4.78 is 30.0. The fraction of sp³-hybridized carbons (Fsp3) is 0.172. The number of carbonyl (C=O) groups excluding carboxylic acids is 1. The second-order valence-corrected chi connectivity index (χ2v) is 10.5. The molecule has 0 radical (unpaired) electrons. The summed E-state index contributed by atoms with van der Waals surface area (Å²) in [5, 5.41) is 4.24. The topological polar surface area (TPSA) is 72.3 Å². The zero-order chi connectivity index (χ0) is 25.4. The van der Waals surface area contributed by atoms with Gasteiger partial charge in [-0.15, -0.1) is 0 Å². The van der Waals surface area contributed by atoms with Crippen molar-refractivity contribution >= 4 is 27.6 Å². The average molecular weight is 500 g/mol. The summed E-state index contributed by atoms with van der Waals surface area (Å²) in [6, 6.07) is 27.7. The first-order valence-corrected chi connectivity index (χ1v) is 13.3. The molecule has 0 unspecified atom stereocenters. The quantitative estimate of drug-likeness (QED) is 0.258. The van der Waals surface area contributed by atoms with Crippen LogP contribution in [-0.2, 0) is 21.4 Å². The summed E-state index contributed by atoms with van der Waals surface area (Å²) in [5.41, 5.74) is 3.22. The number of hydrogen-bond acceptors (Lipinski definition) is 4. The van der Waals surface area contributed by atoms with Crippen LogP contribution in [0.15, 0.2) is 108 Å². The summed E-state index contributed by atoms with van der Waals surface area (Å²) in [7, 11) is -3.74. The van der Waals surface area contributed by atoms with Crippen molar-refractivity contribution in [3.8, 4) is 0 Å². The normalized spacial score (nSPS) is 12.1. The van der Waals surface area contributed by atoms with Gasteiger partial charge in [0.2, 0.25) is 10.0 Å². The second kappa shape index (κ2) is 11.7. The largest absolute Gasteiger partial charge is 0.292 e. The van der Waals surface area contributed by atoms with Gasteiger partial charge in [0.25, 0.3) is 0 Å². The summed E-state index contributed by atoms with van der Waals surface area (Å²) in [4.78, 5) is 13.5. The predicted octanol–water partition coefficient (Wildman–Crippen LogP) is 5.43. The van der Waals surface area contributed by atoms with Gasteiger partial charge in [-0.2, -0.15) is 9.40 Å². The molecule has 0 N–H and O–H groups in total. The molecule has 0 bridgehead atoms. The fourth-order valence-corrected chi connectivity index (χ4v) is 5.33. The molecule has 1 heterocycles. The number of sulfonamides is 1. The lowest BCUT2D eigenvalue weighted by molar-refractivity contribution is -0.114. The van der Waals surface area contributed by atoms with E-state index in [1.165, 1.54) is 4.31 Å². The Morgan fingerprint density at radius 3 is 2.22 bits per heavy atom. The Bertz CT molecular complexity index is 1400. The van der Waals surface area contributed by atoms with E-state index in [4.69, 9.17) is 0 Å². The number of allylic oxidation sites excluding steroid dienone is 1. The molecule has 0 aliphatic carbocycles. The maximum atomic E-state index is 13.5. The molecule has 0 amide bonds. The summed E-state index contributed by atoms with van der Waals surface area (Å²) in [5.74, 6) is -0.102. The van der Waals surface area contributed by atoms with Crippen molar-refractivity contribution in [2.45, 2.75) is 31.2 Å². The number of hydrogen-bond donors (Lipinski definition) is 0. The summed E-state index contributed by atoms with van der Waals surface area (Å²) >= 11 is 0. The van der Waals surface area contributed by atoms with Crippen LogP contribution in [0.25, 0.3) is 11.8 Å². The zero-order valence-electron chi connectivity index (χ0n) is 20.2. The third-order valence-electron chi connectivity index (χ3n) is 5.81. The lowest BCUT2D eigenvalue weighted by atomic mass is 10.1. The van der Waals surface area contributed by atoms with E-state index < -0.39 is 10.0 Å². The Labute approximate surface area is 212 Å². The van der Waals surface area contributed by atoms with Gasteiger partial charge in [0, 0.05) is 31.9 Å². The van der Waals surface area contributed by atoms with Crippen molar-refractivity contribution in [3.63, 3.8) is 0 Å². The van der Waals surface area contributed by atoms with Gasteiger partial charge in [-0.1, -0.05) is 78.4 Å². The van der Waals surface area contributed by atoms with Crippen LogP contribution in [0, 0.1) is 6.92 Å². The van der Waals surface area contributed by atoms with Gasteiger partial charge in [0.05, 0.1) is 4.90 Å². The zero-order valence-corrected chi connectivity index (χ0v) is 21.0. The highest BCUT2D eigenvalue weighted by molar-refractivity contribution is 7.89. The maximum absolute atomic E-state index is 13.5. The standard InChI is InChI=1S/C29H29N3O3S/c1-24-15-17-27(18-16-24)36(34,35)31(23-26-12-6-3-7-13-26)20-8-14-29(33)28(32-21-9-19-30-32)22-25-10-4-2-5-11-25/h2-7,9-13,15-19,21-22H,8,14,20,23H2,1H3/b28-22-. The number of ketones is 1. The molecule has 7 heteroatoms. The second-order valence-electron chi connectivity index (χ2n) is 8.55. The van der Waals surface area contributed by atoms with Gasteiger partial charge in [-0.05, 0) is 48.7 Å². The molecule has 0 saturated heterocycles. The number of Topliss-reactive ketones (excluding diaryl/α,β-unsaturated/α-hetero) is 1. The van der Waals surface area contributed by atoms with Crippen LogP contribution >= 0.6 is 0 Å². The minimum atomic E-state index is -3.74. The molecular formula is C29H29N3O3S. The number of carbonyl (C=O) groups is 1. The van der Waals surface area contributed by atoms with Crippen molar-refractivity contribution < 1.29 is 13.2 Å². The Morgan fingerprint density at radius 2 is 1.58 bits per heavy atom. The van der Waals surface area contributed by atoms with E-state index in [1.807, 2.05) is 67.6 Å².